The molecule has 41 heavy (non-hydrogen) atoms. The number of hydrogen-bond acceptors (Lipinski definition) is 8. The van der Waals surface area contributed by atoms with E-state index in [1.54, 1.807) is 0 Å². The summed E-state index contributed by atoms with van der Waals surface area (Å²) in [6.45, 7) is 1.65. The summed E-state index contributed by atoms with van der Waals surface area (Å²) in [5.41, 5.74) is 2.10. The molecule has 4 aliphatic rings. The molecule has 0 bridgehead atoms. The van der Waals surface area contributed by atoms with Crippen molar-refractivity contribution in [2.75, 3.05) is 47.5 Å². The SMILES string of the molecule is N#CC1(NC(=O)C2CCCCC2c2nc(N3CCC(F)(F)CC3)sc2-c2ccc(N3CCS(O)(O)CC3)cc2)CC1. The average molecular weight is 606 g/mol. The summed E-state index contributed by atoms with van der Waals surface area (Å²) in [4.78, 5) is 23.6. The number of piperidine rings is 1. The number of alkyl halides is 2. The van der Waals surface area contributed by atoms with Crippen LogP contribution in [0.3, 0.4) is 0 Å². The van der Waals surface area contributed by atoms with Crippen LogP contribution in [0.15, 0.2) is 24.3 Å². The molecule has 8 nitrogen and oxygen atoms in total. The summed E-state index contributed by atoms with van der Waals surface area (Å²) in [5.74, 6) is -2.41. The Bertz CT molecular complexity index is 1300. The molecule has 1 aromatic carbocycles. The van der Waals surface area contributed by atoms with Crippen LogP contribution in [-0.2, 0) is 4.79 Å². The minimum atomic E-state index is -2.65. The van der Waals surface area contributed by atoms with E-state index in [2.05, 4.69) is 16.3 Å². The van der Waals surface area contributed by atoms with Gasteiger partial charge in [-0.15, -0.1) is 0 Å². The van der Waals surface area contributed by atoms with Crippen molar-refractivity contribution >= 4 is 38.7 Å². The highest BCUT2D eigenvalue weighted by atomic mass is 32.3. The minimum Gasteiger partial charge on any atom is -0.368 e. The van der Waals surface area contributed by atoms with Gasteiger partial charge in [0.2, 0.25) is 5.91 Å². The number of anilines is 2. The van der Waals surface area contributed by atoms with E-state index in [1.165, 1.54) is 11.3 Å². The maximum atomic E-state index is 13.9. The van der Waals surface area contributed by atoms with Crippen LogP contribution < -0.4 is 15.1 Å². The van der Waals surface area contributed by atoms with Crippen LogP contribution in [0, 0.1) is 17.2 Å². The van der Waals surface area contributed by atoms with Gasteiger partial charge in [-0.2, -0.15) is 15.9 Å². The average Bonchev–Trinajstić information content (AvgIpc) is 3.60. The highest BCUT2D eigenvalue weighted by Gasteiger charge is 2.47. The molecule has 0 radical (unpaired) electrons. The van der Waals surface area contributed by atoms with E-state index in [-0.39, 0.29) is 43.7 Å². The standard InChI is InChI=1S/C29H37F2N5O3S2/c30-29(31)11-13-36(14-12-29)27-33-24(22-3-1-2-4-23(22)26(37)34-28(19-32)9-10-28)25(40-27)20-5-7-21(8-6-20)35-15-17-41(38,39)18-16-35/h5-8,22-23,38-39H,1-4,9-18H2,(H,34,37). The van der Waals surface area contributed by atoms with E-state index in [4.69, 9.17) is 4.98 Å². The second-order valence-electron chi connectivity index (χ2n) is 12.0. The van der Waals surface area contributed by atoms with E-state index in [0.29, 0.717) is 37.4 Å². The van der Waals surface area contributed by atoms with Gasteiger partial charge >= 0.3 is 0 Å². The molecule has 2 atom stereocenters. The first-order chi connectivity index (χ1) is 19.6. The molecule has 2 aliphatic heterocycles. The monoisotopic (exact) mass is 605 g/mol. The highest BCUT2D eigenvalue weighted by Crippen LogP contribution is 2.48. The van der Waals surface area contributed by atoms with E-state index < -0.39 is 22.1 Å². The Kier molecular flexibility index (Phi) is 7.68. The van der Waals surface area contributed by atoms with E-state index >= 15 is 0 Å². The third-order valence-electron chi connectivity index (χ3n) is 9.06. The third-order valence-corrected chi connectivity index (χ3v) is 11.9. The molecule has 4 fully saturated rings. The zero-order valence-corrected chi connectivity index (χ0v) is 24.7. The Balaban J connectivity index is 1.30. The lowest BCUT2D eigenvalue weighted by molar-refractivity contribution is -0.127. The van der Waals surface area contributed by atoms with Gasteiger partial charge in [0.15, 0.2) is 5.13 Å². The van der Waals surface area contributed by atoms with E-state index in [1.807, 2.05) is 29.2 Å². The summed E-state index contributed by atoms with van der Waals surface area (Å²) in [5, 5.41) is 13.3. The molecule has 222 valence electrons. The van der Waals surface area contributed by atoms with Gasteiger partial charge in [-0.25, -0.2) is 13.8 Å². The van der Waals surface area contributed by atoms with Crippen LogP contribution in [0.25, 0.3) is 10.4 Å². The van der Waals surface area contributed by atoms with Gasteiger partial charge in [0.1, 0.15) is 5.54 Å². The van der Waals surface area contributed by atoms with Crippen molar-refractivity contribution in [3.05, 3.63) is 30.0 Å². The number of carbonyl (C=O) groups is 1. The van der Waals surface area contributed by atoms with Gasteiger partial charge in [-0.1, -0.05) is 36.3 Å². The van der Waals surface area contributed by atoms with Gasteiger partial charge in [0.25, 0.3) is 5.92 Å². The van der Waals surface area contributed by atoms with E-state index in [9.17, 15) is 27.9 Å². The summed E-state index contributed by atoms with van der Waals surface area (Å²) >= 11 is 1.51. The fourth-order valence-electron chi connectivity index (χ4n) is 6.24. The molecule has 1 aromatic heterocycles. The third kappa shape index (κ3) is 6.19. The summed E-state index contributed by atoms with van der Waals surface area (Å²) in [6, 6.07) is 10.4. The van der Waals surface area contributed by atoms with Gasteiger partial charge in [-0.3, -0.25) is 13.9 Å². The molecule has 3 heterocycles. The van der Waals surface area contributed by atoms with Crippen molar-refractivity contribution in [3.8, 4) is 16.5 Å². The zero-order chi connectivity index (χ0) is 28.8. The molecule has 6 rings (SSSR count). The van der Waals surface area contributed by atoms with Crippen LogP contribution in [0.5, 0.6) is 0 Å². The van der Waals surface area contributed by atoms with Crippen LogP contribution in [0.4, 0.5) is 19.6 Å². The number of halogens is 2. The quantitative estimate of drug-likeness (QED) is 0.367. The van der Waals surface area contributed by atoms with Crippen molar-refractivity contribution in [1.29, 1.82) is 5.26 Å². The molecule has 2 saturated heterocycles. The van der Waals surface area contributed by atoms with Gasteiger partial charge in [0, 0.05) is 56.5 Å². The molecule has 12 heteroatoms. The molecule has 2 unspecified atom stereocenters. The molecule has 2 aliphatic carbocycles. The van der Waals surface area contributed by atoms with Crippen LogP contribution in [0.1, 0.15) is 63.0 Å². The Morgan fingerprint density at radius 2 is 1.68 bits per heavy atom. The lowest BCUT2D eigenvalue weighted by Gasteiger charge is -2.41. The van der Waals surface area contributed by atoms with Crippen LogP contribution in [-0.4, -0.2) is 69.1 Å². The van der Waals surface area contributed by atoms with Crippen molar-refractivity contribution in [2.24, 2.45) is 5.92 Å². The van der Waals surface area contributed by atoms with Crippen molar-refractivity contribution in [1.82, 2.24) is 10.3 Å². The largest absolute Gasteiger partial charge is 0.368 e. The number of carbonyl (C=O) groups excluding carboxylic acids is 1. The zero-order valence-electron chi connectivity index (χ0n) is 23.0. The number of aromatic nitrogens is 1. The van der Waals surface area contributed by atoms with Crippen LogP contribution >= 0.6 is 21.9 Å². The maximum Gasteiger partial charge on any atom is 0.251 e. The highest BCUT2D eigenvalue weighted by molar-refractivity contribution is 8.24. The van der Waals surface area contributed by atoms with E-state index in [0.717, 1.165) is 52.6 Å². The first-order valence-electron chi connectivity index (χ1n) is 14.5. The number of rotatable bonds is 6. The maximum absolute atomic E-state index is 13.9. The van der Waals surface area contributed by atoms with Gasteiger partial charge < -0.3 is 15.1 Å². The van der Waals surface area contributed by atoms with Crippen molar-refractivity contribution in [3.63, 3.8) is 0 Å². The van der Waals surface area contributed by atoms with Crippen molar-refractivity contribution < 1.29 is 22.7 Å². The Morgan fingerprint density at radius 1 is 1.02 bits per heavy atom. The summed E-state index contributed by atoms with van der Waals surface area (Å²) in [6.07, 6.45) is 4.43. The Morgan fingerprint density at radius 3 is 2.32 bits per heavy atom. The predicted molar refractivity (Wildman–Crippen MR) is 159 cm³/mol. The molecule has 2 aromatic rings. The Hall–Kier alpha value is -2.46. The first kappa shape index (κ1) is 28.6. The lowest BCUT2D eigenvalue weighted by Crippen LogP contribution is -2.42. The Labute approximate surface area is 245 Å². The lowest BCUT2D eigenvalue weighted by atomic mass is 9.76. The topological polar surface area (TPSA) is 113 Å². The summed E-state index contributed by atoms with van der Waals surface area (Å²) in [7, 11) is -2.48. The molecular formula is C29H37F2N5O3S2. The molecule has 2 saturated carbocycles. The number of amides is 1. The second kappa shape index (κ2) is 11.0. The van der Waals surface area contributed by atoms with Crippen LogP contribution in [0.2, 0.25) is 0 Å². The molecule has 1 amide bonds. The van der Waals surface area contributed by atoms with Gasteiger partial charge in [-0.05, 0) is 43.4 Å². The number of nitrogens with one attached hydrogen (secondary N) is 1. The molecule has 3 N–H and O–H groups in total. The number of nitrogens with zero attached hydrogens (tertiary/aromatic N) is 4. The number of hydrogen-bond donors (Lipinski definition) is 3. The molecule has 0 spiro atoms. The van der Waals surface area contributed by atoms with Crippen molar-refractivity contribution in [2.45, 2.75) is 68.7 Å². The second-order valence-corrected chi connectivity index (χ2v) is 15.4. The first-order valence-corrected chi connectivity index (χ1v) is 17.2. The normalized spacial score (nSPS) is 27.5. The van der Waals surface area contributed by atoms with Gasteiger partial charge in [0.05, 0.1) is 28.1 Å². The fourth-order valence-corrected chi connectivity index (χ4v) is 8.66. The summed E-state index contributed by atoms with van der Waals surface area (Å²) < 4.78 is 47.8. The molecular weight excluding hydrogens is 568 g/mol. The predicted octanol–water partition coefficient (Wildman–Crippen LogP) is 6.06. The minimum absolute atomic E-state index is 0.0849. The number of benzene rings is 1. The number of nitriles is 1. The fraction of sp³-hybridized carbons (Fsp3) is 0.621. The number of thiazole rings is 1. The smallest absolute Gasteiger partial charge is 0.251 e.